The van der Waals surface area contributed by atoms with E-state index in [2.05, 4.69) is 29.0 Å². The number of fused-ring (bicyclic) bond motifs is 5. The normalized spacial score (nSPS) is 13.5. The lowest BCUT2D eigenvalue weighted by Crippen LogP contribution is -2.41. The van der Waals surface area contributed by atoms with E-state index in [1.807, 2.05) is 18.2 Å². The summed E-state index contributed by atoms with van der Waals surface area (Å²) in [5.41, 5.74) is 5.93. The van der Waals surface area contributed by atoms with Crippen molar-refractivity contribution >= 4 is 10.8 Å². The second-order valence-electron chi connectivity index (χ2n) is 8.65. The van der Waals surface area contributed by atoms with Crippen molar-refractivity contribution in [3.63, 3.8) is 0 Å². The zero-order valence-corrected chi connectivity index (χ0v) is 19.2. The summed E-state index contributed by atoms with van der Waals surface area (Å²) in [4.78, 5) is 0. The van der Waals surface area contributed by atoms with Gasteiger partial charge in [-0.2, -0.15) is 4.57 Å². The van der Waals surface area contributed by atoms with Crippen LogP contribution in [0.3, 0.4) is 0 Å². The predicted molar refractivity (Wildman–Crippen MR) is 126 cm³/mol. The number of hydrogen-bond acceptors (Lipinski definition) is 4. The van der Waals surface area contributed by atoms with Crippen LogP contribution in [0.15, 0.2) is 54.7 Å². The van der Waals surface area contributed by atoms with Crippen LogP contribution in [0, 0.1) is 5.82 Å². The fraction of sp³-hybridized carbons (Fsp3) is 0.250. The Bertz CT molecular complexity index is 1420. The molecule has 0 bridgehead atoms. The minimum atomic E-state index is -0.219. The van der Waals surface area contributed by atoms with Crippen molar-refractivity contribution in [1.29, 1.82) is 0 Å². The Balaban J connectivity index is 1.57. The maximum atomic E-state index is 13.5. The lowest BCUT2D eigenvalue weighted by molar-refractivity contribution is -0.686. The molecule has 0 saturated heterocycles. The van der Waals surface area contributed by atoms with Gasteiger partial charge in [-0.05, 0) is 60.4 Å². The first kappa shape index (κ1) is 20.8. The molecule has 2 aliphatic rings. The Hall–Kier alpha value is -3.80. The molecule has 0 amide bonds. The van der Waals surface area contributed by atoms with Gasteiger partial charge >= 0.3 is 0 Å². The molecule has 6 rings (SSSR count). The van der Waals surface area contributed by atoms with Crippen LogP contribution in [0.25, 0.3) is 22.0 Å². The van der Waals surface area contributed by atoms with Gasteiger partial charge < -0.3 is 18.9 Å². The maximum Gasteiger partial charge on any atom is 0.231 e. The van der Waals surface area contributed by atoms with Crippen LogP contribution >= 0.6 is 0 Å². The van der Waals surface area contributed by atoms with Crippen LogP contribution in [0.5, 0.6) is 23.0 Å². The molecular weight excluding hydrogens is 433 g/mol. The fourth-order valence-electron chi connectivity index (χ4n) is 5.18. The minimum Gasteiger partial charge on any atom is -0.493 e. The molecule has 0 unspecified atom stereocenters. The van der Waals surface area contributed by atoms with E-state index in [-0.39, 0.29) is 12.6 Å². The number of hydrogen-bond donors (Lipinski definition) is 0. The third kappa shape index (κ3) is 3.33. The Morgan fingerprint density at radius 1 is 0.912 bits per heavy atom. The van der Waals surface area contributed by atoms with Crippen LogP contribution in [0.4, 0.5) is 4.39 Å². The number of methoxy groups -OCH3 is 2. The highest BCUT2D eigenvalue weighted by atomic mass is 19.1. The minimum absolute atomic E-state index is 0.219. The fourth-order valence-corrected chi connectivity index (χ4v) is 5.18. The largest absolute Gasteiger partial charge is 0.493 e. The average Bonchev–Trinajstić information content (AvgIpc) is 3.32. The van der Waals surface area contributed by atoms with Gasteiger partial charge in [0.1, 0.15) is 5.82 Å². The summed E-state index contributed by atoms with van der Waals surface area (Å²) in [6.45, 7) is 1.10. The van der Waals surface area contributed by atoms with Crippen LogP contribution in [-0.4, -0.2) is 21.0 Å². The molecule has 0 atom stereocenters. The van der Waals surface area contributed by atoms with E-state index in [1.54, 1.807) is 14.2 Å². The monoisotopic (exact) mass is 458 g/mol. The van der Waals surface area contributed by atoms with Crippen LogP contribution in [0.1, 0.15) is 16.7 Å². The molecule has 3 aromatic carbocycles. The smallest absolute Gasteiger partial charge is 0.231 e. The molecule has 2 aliphatic heterocycles. The van der Waals surface area contributed by atoms with Crippen LogP contribution in [0.2, 0.25) is 0 Å². The number of nitrogens with zero attached hydrogens (tertiary/aromatic N) is 1. The Labute approximate surface area is 197 Å². The number of ether oxygens (including phenoxy) is 4. The van der Waals surface area contributed by atoms with Gasteiger partial charge in [0.2, 0.25) is 12.5 Å². The SMILES string of the molecule is COc1ccc2c(CCc3ccc(F)cc3)c3[n+](cc2c1OC)CCc1cc2c(cc1-3)OCO2. The lowest BCUT2D eigenvalue weighted by atomic mass is 9.89. The van der Waals surface area contributed by atoms with Gasteiger partial charge in [0.25, 0.3) is 0 Å². The van der Waals surface area contributed by atoms with Crippen molar-refractivity contribution in [2.24, 2.45) is 0 Å². The summed E-state index contributed by atoms with van der Waals surface area (Å²) in [5, 5.41) is 2.14. The van der Waals surface area contributed by atoms with E-state index < -0.39 is 0 Å². The van der Waals surface area contributed by atoms with Crippen molar-refractivity contribution in [3.8, 4) is 34.3 Å². The van der Waals surface area contributed by atoms with E-state index in [0.29, 0.717) is 5.75 Å². The molecule has 0 radical (unpaired) electrons. The van der Waals surface area contributed by atoms with E-state index in [9.17, 15) is 4.39 Å². The average molecular weight is 459 g/mol. The first-order valence-electron chi connectivity index (χ1n) is 11.4. The van der Waals surface area contributed by atoms with E-state index in [0.717, 1.165) is 59.4 Å². The maximum absolute atomic E-state index is 13.5. The number of rotatable bonds is 5. The lowest BCUT2D eigenvalue weighted by Gasteiger charge is -2.21. The van der Waals surface area contributed by atoms with E-state index >= 15 is 0 Å². The van der Waals surface area contributed by atoms with Crippen LogP contribution < -0.4 is 23.5 Å². The summed E-state index contributed by atoms with van der Waals surface area (Å²) in [7, 11) is 3.33. The summed E-state index contributed by atoms with van der Waals surface area (Å²) < 4.78 is 38.5. The van der Waals surface area contributed by atoms with Crippen molar-refractivity contribution in [3.05, 3.63) is 77.2 Å². The van der Waals surface area contributed by atoms with Gasteiger partial charge in [0.15, 0.2) is 35.7 Å². The highest BCUT2D eigenvalue weighted by Gasteiger charge is 2.32. The number of aryl methyl sites for hydroxylation is 4. The Morgan fingerprint density at radius 2 is 1.71 bits per heavy atom. The topological polar surface area (TPSA) is 40.8 Å². The third-order valence-electron chi connectivity index (χ3n) is 6.82. The second-order valence-corrected chi connectivity index (χ2v) is 8.65. The van der Waals surface area contributed by atoms with Gasteiger partial charge in [-0.1, -0.05) is 12.1 Å². The molecule has 34 heavy (non-hydrogen) atoms. The third-order valence-corrected chi connectivity index (χ3v) is 6.82. The zero-order chi connectivity index (χ0) is 23.2. The highest BCUT2D eigenvalue weighted by molar-refractivity contribution is 5.95. The van der Waals surface area contributed by atoms with Gasteiger partial charge in [-0.25, -0.2) is 4.39 Å². The second kappa shape index (κ2) is 8.20. The molecular formula is C28H25FNO4+. The molecule has 6 heteroatoms. The van der Waals surface area contributed by atoms with Crippen molar-refractivity contribution < 1.29 is 27.9 Å². The first-order valence-corrected chi connectivity index (χ1v) is 11.4. The van der Waals surface area contributed by atoms with Gasteiger partial charge in [0, 0.05) is 17.4 Å². The highest BCUT2D eigenvalue weighted by Crippen LogP contribution is 2.43. The van der Waals surface area contributed by atoms with Crippen molar-refractivity contribution in [2.45, 2.75) is 25.8 Å². The molecule has 0 spiro atoms. The van der Waals surface area contributed by atoms with Gasteiger partial charge in [-0.3, -0.25) is 0 Å². The number of halogens is 1. The molecule has 1 aromatic heterocycles. The van der Waals surface area contributed by atoms with E-state index in [1.165, 1.54) is 34.5 Å². The Kier molecular flexibility index (Phi) is 5.01. The molecule has 5 nitrogen and oxygen atoms in total. The summed E-state index contributed by atoms with van der Waals surface area (Å²) in [6.07, 6.45) is 4.65. The molecule has 3 heterocycles. The summed E-state index contributed by atoms with van der Waals surface area (Å²) in [6, 6.07) is 15.0. The number of aromatic nitrogens is 1. The van der Waals surface area contributed by atoms with Gasteiger partial charge in [0.05, 0.1) is 25.2 Å². The number of benzene rings is 3. The molecule has 0 saturated carbocycles. The standard InChI is InChI=1S/C28H25FNO4/c1-31-24-10-9-20-21(8-5-17-3-6-19(29)7-4-17)27-22-14-26-25(33-16-34-26)13-18(22)11-12-30(27)15-23(20)28(24)32-2/h3-4,6-7,9-10,13-15H,5,8,11-12,16H2,1-2H3/q+1. The predicted octanol–water partition coefficient (Wildman–Crippen LogP) is 5.02. The molecule has 0 fully saturated rings. The number of pyridine rings is 1. The first-order chi connectivity index (χ1) is 16.7. The molecule has 0 N–H and O–H groups in total. The summed E-state index contributed by atoms with van der Waals surface area (Å²) in [5.74, 6) is 2.81. The molecule has 0 aliphatic carbocycles. The quantitative estimate of drug-likeness (QED) is 0.394. The summed E-state index contributed by atoms with van der Waals surface area (Å²) >= 11 is 0. The van der Waals surface area contributed by atoms with Crippen molar-refractivity contribution in [2.75, 3.05) is 21.0 Å². The van der Waals surface area contributed by atoms with Crippen LogP contribution in [-0.2, 0) is 25.8 Å². The Morgan fingerprint density at radius 3 is 2.47 bits per heavy atom. The van der Waals surface area contributed by atoms with E-state index in [4.69, 9.17) is 18.9 Å². The zero-order valence-electron chi connectivity index (χ0n) is 19.2. The molecule has 172 valence electrons. The van der Waals surface area contributed by atoms with Gasteiger partial charge in [-0.15, -0.1) is 0 Å². The molecule has 4 aromatic rings. The van der Waals surface area contributed by atoms with Crippen molar-refractivity contribution in [1.82, 2.24) is 0 Å².